The van der Waals surface area contributed by atoms with Gasteiger partial charge >= 0.3 is 0 Å². The standard InChI is InChI=1S/C12H16N6/c1-18(2)8-9-5-3-4-6-10(9)16-17-11(7-13)12(14)15/h3-6,16H,8H2,1-2H3,(H3,14,15)/b17-11+. The van der Waals surface area contributed by atoms with Crippen molar-refractivity contribution in [3.8, 4) is 6.07 Å². The fraction of sp³-hybridized carbons (Fsp3) is 0.250. The van der Waals surface area contributed by atoms with E-state index >= 15 is 0 Å². The Hall–Kier alpha value is -2.39. The largest absolute Gasteiger partial charge is 0.382 e. The van der Waals surface area contributed by atoms with Crippen LogP contribution < -0.4 is 11.2 Å². The van der Waals surface area contributed by atoms with Crippen LogP contribution in [0.5, 0.6) is 0 Å². The van der Waals surface area contributed by atoms with Crippen LogP contribution >= 0.6 is 0 Å². The van der Waals surface area contributed by atoms with Gasteiger partial charge in [-0.05, 0) is 25.7 Å². The minimum Gasteiger partial charge on any atom is -0.382 e. The Morgan fingerprint density at radius 1 is 1.50 bits per heavy atom. The highest BCUT2D eigenvalue weighted by Crippen LogP contribution is 2.16. The Labute approximate surface area is 106 Å². The van der Waals surface area contributed by atoms with Gasteiger partial charge in [0.25, 0.3) is 0 Å². The van der Waals surface area contributed by atoms with Crippen molar-refractivity contribution in [1.82, 2.24) is 4.90 Å². The summed E-state index contributed by atoms with van der Waals surface area (Å²) in [5.74, 6) is -0.352. The maximum absolute atomic E-state index is 8.74. The molecule has 0 aliphatic heterocycles. The molecule has 0 unspecified atom stereocenters. The van der Waals surface area contributed by atoms with E-state index in [1.54, 1.807) is 6.07 Å². The van der Waals surface area contributed by atoms with Crippen LogP contribution in [0.15, 0.2) is 29.4 Å². The number of hydrogen-bond donors (Lipinski definition) is 3. The average Bonchev–Trinajstić information content (AvgIpc) is 2.30. The first-order valence-corrected chi connectivity index (χ1v) is 5.35. The normalized spacial score (nSPS) is 11.1. The quantitative estimate of drug-likeness (QED) is 0.408. The fourth-order valence-electron chi connectivity index (χ4n) is 1.37. The van der Waals surface area contributed by atoms with Crippen LogP contribution in [0.1, 0.15) is 5.56 Å². The molecule has 18 heavy (non-hydrogen) atoms. The number of nitriles is 1. The molecule has 0 radical (unpaired) electrons. The SMILES string of the molecule is CN(C)Cc1ccccc1N/N=C(\C#N)C(=N)N. The van der Waals surface area contributed by atoms with Gasteiger partial charge in [-0.25, -0.2) is 0 Å². The van der Waals surface area contributed by atoms with Gasteiger partial charge in [-0.15, -0.1) is 0 Å². The maximum Gasteiger partial charge on any atom is 0.201 e. The molecular formula is C12H16N6. The summed E-state index contributed by atoms with van der Waals surface area (Å²) in [4.78, 5) is 2.03. The van der Waals surface area contributed by atoms with Crippen molar-refractivity contribution in [2.45, 2.75) is 6.54 Å². The van der Waals surface area contributed by atoms with E-state index in [1.807, 2.05) is 43.3 Å². The molecule has 0 saturated carbocycles. The van der Waals surface area contributed by atoms with Gasteiger partial charge in [0.2, 0.25) is 5.71 Å². The van der Waals surface area contributed by atoms with E-state index in [4.69, 9.17) is 16.4 Å². The topological polar surface area (TPSA) is 101 Å². The Morgan fingerprint density at radius 2 is 2.17 bits per heavy atom. The molecule has 0 heterocycles. The van der Waals surface area contributed by atoms with E-state index in [1.165, 1.54) is 0 Å². The van der Waals surface area contributed by atoms with Crippen LogP contribution in [0, 0.1) is 16.7 Å². The van der Waals surface area contributed by atoms with Crippen LogP contribution in [0.25, 0.3) is 0 Å². The van der Waals surface area contributed by atoms with Crippen molar-refractivity contribution >= 4 is 17.2 Å². The number of nitrogens with two attached hydrogens (primary N) is 1. The van der Waals surface area contributed by atoms with Gasteiger partial charge in [0.05, 0.1) is 5.69 Å². The van der Waals surface area contributed by atoms with Gasteiger partial charge in [-0.1, -0.05) is 18.2 Å². The summed E-state index contributed by atoms with van der Waals surface area (Å²) < 4.78 is 0. The van der Waals surface area contributed by atoms with Crippen molar-refractivity contribution in [2.75, 3.05) is 19.5 Å². The molecule has 4 N–H and O–H groups in total. The molecule has 1 aromatic carbocycles. The minimum absolute atomic E-state index is 0.130. The van der Waals surface area contributed by atoms with Crippen molar-refractivity contribution < 1.29 is 0 Å². The number of anilines is 1. The lowest BCUT2D eigenvalue weighted by molar-refractivity contribution is 0.403. The van der Waals surface area contributed by atoms with Crippen LogP contribution in [-0.2, 0) is 6.54 Å². The van der Waals surface area contributed by atoms with E-state index < -0.39 is 0 Å². The van der Waals surface area contributed by atoms with Crippen molar-refractivity contribution in [3.05, 3.63) is 29.8 Å². The lowest BCUT2D eigenvalue weighted by Gasteiger charge is -2.13. The monoisotopic (exact) mass is 244 g/mol. The zero-order chi connectivity index (χ0) is 13.5. The van der Waals surface area contributed by atoms with Crippen molar-refractivity contribution in [1.29, 1.82) is 10.7 Å². The summed E-state index contributed by atoms with van der Waals surface area (Å²) in [6.45, 7) is 0.751. The third-order valence-corrected chi connectivity index (χ3v) is 2.15. The molecule has 0 amide bonds. The predicted molar refractivity (Wildman–Crippen MR) is 72.4 cm³/mol. The Morgan fingerprint density at radius 3 is 2.72 bits per heavy atom. The molecule has 0 atom stereocenters. The molecule has 0 saturated heterocycles. The van der Waals surface area contributed by atoms with E-state index in [-0.39, 0.29) is 11.5 Å². The molecule has 0 fully saturated rings. The number of rotatable bonds is 5. The molecular weight excluding hydrogens is 228 g/mol. The second kappa shape index (κ2) is 6.37. The third-order valence-electron chi connectivity index (χ3n) is 2.15. The number of amidine groups is 1. The maximum atomic E-state index is 8.74. The van der Waals surface area contributed by atoms with Crippen LogP contribution in [0.4, 0.5) is 5.69 Å². The molecule has 6 heteroatoms. The van der Waals surface area contributed by atoms with E-state index in [2.05, 4.69) is 10.5 Å². The number of hydrogen-bond acceptors (Lipinski definition) is 5. The van der Waals surface area contributed by atoms with Gasteiger partial charge in [-0.3, -0.25) is 10.8 Å². The number of nitrogens with zero attached hydrogens (tertiary/aromatic N) is 3. The van der Waals surface area contributed by atoms with Crippen LogP contribution in [0.2, 0.25) is 0 Å². The van der Waals surface area contributed by atoms with E-state index in [0.717, 1.165) is 17.8 Å². The summed E-state index contributed by atoms with van der Waals surface area (Å²) >= 11 is 0. The molecule has 94 valence electrons. The van der Waals surface area contributed by atoms with E-state index in [9.17, 15) is 0 Å². The highest BCUT2D eigenvalue weighted by atomic mass is 15.3. The first-order valence-electron chi connectivity index (χ1n) is 5.35. The summed E-state index contributed by atoms with van der Waals surface area (Å²) in [6.07, 6.45) is 0. The zero-order valence-corrected chi connectivity index (χ0v) is 10.4. The lowest BCUT2D eigenvalue weighted by Crippen LogP contribution is -2.22. The van der Waals surface area contributed by atoms with Crippen LogP contribution in [0.3, 0.4) is 0 Å². The van der Waals surface area contributed by atoms with Gasteiger partial charge in [0.15, 0.2) is 5.84 Å². The number of nitrogens with one attached hydrogen (secondary N) is 2. The van der Waals surface area contributed by atoms with Crippen molar-refractivity contribution in [2.24, 2.45) is 10.8 Å². The van der Waals surface area contributed by atoms with Crippen LogP contribution in [-0.4, -0.2) is 30.5 Å². The highest BCUT2D eigenvalue weighted by Gasteiger charge is 2.04. The fourth-order valence-corrected chi connectivity index (χ4v) is 1.37. The molecule has 0 spiro atoms. The molecule has 0 aliphatic rings. The first-order chi connectivity index (χ1) is 8.54. The molecule has 1 rings (SSSR count). The summed E-state index contributed by atoms with van der Waals surface area (Å²) in [5.41, 5.74) is 9.69. The molecule has 0 aliphatic carbocycles. The van der Waals surface area contributed by atoms with E-state index in [0.29, 0.717) is 0 Å². The van der Waals surface area contributed by atoms with Gasteiger partial charge in [0.1, 0.15) is 6.07 Å². The highest BCUT2D eigenvalue weighted by molar-refractivity contribution is 6.45. The summed E-state index contributed by atoms with van der Waals surface area (Å²) in [6, 6.07) is 9.39. The summed E-state index contributed by atoms with van der Waals surface area (Å²) in [5, 5.41) is 19.7. The summed E-state index contributed by atoms with van der Waals surface area (Å²) in [7, 11) is 3.94. The molecule has 1 aromatic rings. The Bertz CT molecular complexity index is 498. The third kappa shape index (κ3) is 3.88. The number of para-hydroxylation sites is 1. The Kier molecular flexibility index (Phi) is 4.84. The smallest absolute Gasteiger partial charge is 0.201 e. The predicted octanol–water partition coefficient (Wildman–Crippen LogP) is 0.976. The second-order valence-corrected chi connectivity index (χ2v) is 3.99. The zero-order valence-electron chi connectivity index (χ0n) is 10.4. The molecule has 6 nitrogen and oxygen atoms in total. The van der Waals surface area contributed by atoms with Gasteiger partial charge in [0, 0.05) is 6.54 Å². The van der Waals surface area contributed by atoms with Crippen molar-refractivity contribution in [3.63, 3.8) is 0 Å². The first kappa shape index (κ1) is 13.7. The second-order valence-electron chi connectivity index (χ2n) is 3.99. The minimum atomic E-state index is -0.352. The number of hydrazone groups is 1. The average molecular weight is 244 g/mol. The molecule has 0 bridgehead atoms. The lowest BCUT2D eigenvalue weighted by atomic mass is 10.2. The number of benzene rings is 1. The van der Waals surface area contributed by atoms with Gasteiger partial charge in [-0.2, -0.15) is 10.4 Å². The van der Waals surface area contributed by atoms with Gasteiger partial charge < -0.3 is 10.6 Å². The Balaban J connectivity index is 2.91. The molecule has 0 aromatic heterocycles.